The Balaban J connectivity index is 1.66. The van der Waals surface area contributed by atoms with Gasteiger partial charge in [-0.3, -0.25) is 4.99 Å². The second kappa shape index (κ2) is 4.54. The molecule has 6 rings (SSSR count). The minimum absolute atomic E-state index is 0.0423. The molecule has 4 bridgehead atoms. The average Bonchev–Trinajstić information content (AvgIpc) is 2.71. The van der Waals surface area contributed by atoms with Crippen molar-refractivity contribution in [2.75, 3.05) is 6.54 Å². The Morgan fingerprint density at radius 2 is 1.96 bits per heavy atom. The van der Waals surface area contributed by atoms with E-state index in [2.05, 4.69) is 20.8 Å². The highest BCUT2D eigenvalue weighted by atomic mass is 17.3. The van der Waals surface area contributed by atoms with Crippen LogP contribution >= 0.6 is 0 Å². The number of nitrogens with zero attached hydrogens (tertiary/aromatic N) is 1. The van der Waals surface area contributed by atoms with Gasteiger partial charge in [-0.15, -0.1) is 0 Å². The molecule has 2 aliphatic carbocycles. The quantitative estimate of drug-likeness (QED) is 0.720. The van der Waals surface area contributed by atoms with Crippen molar-refractivity contribution >= 4 is 5.90 Å². The summed E-state index contributed by atoms with van der Waals surface area (Å²) in [5.74, 6) is 1.04. The van der Waals surface area contributed by atoms with Crippen LogP contribution in [0.3, 0.4) is 0 Å². The third-order valence-electron chi connectivity index (χ3n) is 8.06. The van der Waals surface area contributed by atoms with Crippen LogP contribution < -0.4 is 0 Å². The van der Waals surface area contributed by atoms with Gasteiger partial charge in [0.25, 0.3) is 0 Å². The van der Waals surface area contributed by atoms with Crippen molar-refractivity contribution < 1.29 is 19.2 Å². The third-order valence-corrected chi connectivity index (χ3v) is 8.06. The summed E-state index contributed by atoms with van der Waals surface area (Å²) < 4.78 is 12.7. The van der Waals surface area contributed by atoms with Gasteiger partial charge in [-0.05, 0) is 44.9 Å². The predicted octanol–water partition coefficient (Wildman–Crippen LogP) is 3.82. The topological polar surface area (TPSA) is 49.3 Å². The van der Waals surface area contributed by atoms with Crippen LogP contribution in [0.15, 0.2) is 4.99 Å². The molecule has 7 atom stereocenters. The van der Waals surface area contributed by atoms with Gasteiger partial charge in [0.2, 0.25) is 12.1 Å². The molecule has 4 aliphatic heterocycles. The highest BCUT2D eigenvalue weighted by Gasteiger charge is 2.88. The number of hydrogen-bond acceptors (Lipinski definition) is 5. The van der Waals surface area contributed by atoms with E-state index in [1.807, 2.05) is 6.92 Å². The Labute approximate surface area is 144 Å². The molecule has 6 aliphatic rings. The standard InChI is InChI=1S/C19H29NO4/c1-5-10-20-14-13(3)18-7-6-12(2)17(11-18)9-8-16(4)22-15(21-14)19(17,18)24-23-16/h12-13,15H,5-11H2,1-4H3/b20-14+. The molecule has 6 fully saturated rings. The lowest BCUT2D eigenvalue weighted by molar-refractivity contribution is -0.597. The monoisotopic (exact) mass is 335 g/mol. The molecule has 0 radical (unpaired) electrons. The van der Waals surface area contributed by atoms with E-state index >= 15 is 0 Å². The van der Waals surface area contributed by atoms with Gasteiger partial charge in [0.15, 0.2) is 11.5 Å². The van der Waals surface area contributed by atoms with Crippen LogP contribution in [0.4, 0.5) is 0 Å². The van der Waals surface area contributed by atoms with Gasteiger partial charge < -0.3 is 9.47 Å². The second-order valence-corrected chi connectivity index (χ2v) is 8.97. The van der Waals surface area contributed by atoms with E-state index in [1.165, 1.54) is 12.8 Å². The molecule has 4 heterocycles. The molecule has 5 nitrogen and oxygen atoms in total. The van der Waals surface area contributed by atoms with Crippen LogP contribution in [-0.4, -0.2) is 30.1 Å². The van der Waals surface area contributed by atoms with Crippen LogP contribution in [0.1, 0.15) is 66.2 Å². The van der Waals surface area contributed by atoms with Crippen molar-refractivity contribution in [2.24, 2.45) is 27.7 Å². The average molecular weight is 335 g/mol. The van der Waals surface area contributed by atoms with Gasteiger partial charge in [0, 0.05) is 29.7 Å². The Morgan fingerprint density at radius 3 is 2.75 bits per heavy atom. The summed E-state index contributed by atoms with van der Waals surface area (Å²) in [7, 11) is 0. The summed E-state index contributed by atoms with van der Waals surface area (Å²) in [4.78, 5) is 16.9. The van der Waals surface area contributed by atoms with Gasteiger partial charge in [0.1, 0.15) is 0 Å². The zero-order valence-electron chi connectivity index (χ0n) is 15.3. The van der Waals surface area contributed by atoms with E-state index in [0.29, 0.717) is 5.92 Å². The Kier molecular flexibility index (Phi) is 2.95. The Bertz CT molecular complexity index is 608. The maximum atomic E-state index is 6.38. The zero-order chi connectivity index (χ0) is 16.8. The molecule has 2 saturated carbocycles. The maximum Gasteiger partial charge on any atom is 0.237 e. The van der Waals surface area contributed by atoms with Crippen molar-refractivity contribution in [3.05, 3.63) is 0 Å². The molecule has 0 amide bonds. The highest BCUT2D eigenvalue weighted by Crippen LogP contribution is 2.82. The predicted molar refractivity (Wildman–Crippen MR) is 88.1 cm³/mol. The molecule has 0 aromatic carbocycles. The van der Waals surface area contributed by atoms with Crippen LogP contribution in [0, 0.1) is 22.7 Å². The first-order valence-electron chi connectivity index (χ1n) is 9.69. The van der Waals surface area contributed by atoms with E-state index in [-0.39, 0.29) is 23.0 Å². The lowest BCUT2D eigenvalue weighted by Crippen LogP contribution is -2.86. The highest BCUT2D eigenvalue weighted by molar-refractivity contribution is 5.81. The Morgan fingerprint density at radius 1 is 1.12 bits per heavy atom. The number of fused-ring (bicyclic) bond motifs is 2. The van der Waals surface area contributed by atoms with Gasteiger partial charge in [-0.2, -0.15) is 0 Å². The van der Waals surface area contributed by atoms with E-state index in [0.717, 1.165) is 38.1 Å². The van der Waals surface area contributed by atoms with E-state index in [1.54, 1.807) is 0 Å². The molecule has 24 heavy (non-hydrogen) atoms. The first-order valence-corrected chi connectivity index (χ1v) is 9.69. The van der Waals surface area contributed by atoms with Crippen molar-refractivity contribution in [2.45, 2.75) is 83.9 Å². The molecule has 0 aromatic heterocycles. The first-order chi connectivity index (χ1) is 11.4. The second-order valence-electron chi connectivity index (χ2n) is 8.97. The molecule has 7 unspecified atom stereocenters. The molecule has 134 valence electrons. The minimum atomic E-state index is -0.702. The van der Waals surface area contributed by atoms with Crippen molar-refractivity contribution in [1.82, 2.24) is 0 Å². The van der Waals surface area contributed by atoms with Gasteiger partial charge in [0.05, 0.1) is 0 Å². The summed E-state index contributed by atoms with van der Waals surface area (Å²) >= 11 is 0. The fourth-order valence-electron chi connectivity index (χ4n) is 6.65. The minimum Gasteiger partial charge on any atom is -0.448 e. The SMILES string of the molecule is CCC/N=C1/OC2OC3(C)CCC45CC(CCC4C)(C1C)C25OO3. The maximum absolute atomic E-state index is 6.38. The first kappa shape index (κ1) is 15.6. The molecule has 0 aromatic rings. The summed E-state index contributed by atoms with van der Waals surface area (Å²) in [5, 5.41) is 0. The van der Waals surface area contributed by atoms with Gasteiger partial charge >= 0.3 is 0 Å². The molecule has 5 heteroatoms. The molecular weight excluding hydrogens is 306 g/mol. The van der Waals surface area contributed by atoms with Crippen LogP contribution in [0.5, 0.6) is 0 Å². The van der Waals surface area contributed by atoms with E-state index in [4.69, 9.17) is 24.2 Å². The summed E-state index contributed by atoms with van der Waals surface area (Å²) in [6, 6.07) is 0. The summed E-state index contributed by atoms with van der Waals surface area (Å²) in [6.45, 7) is 9.58. The molecule has 0 N–H and O–H groups in total. The number of ether oxygens (including phenoxy) is 2. The third kappa shape index (κ3) is 1.44. The smallest absolute Gasteiger partial charge is 0.237 e. The van der Waals surface area contributed by atoms with Crippen LogP contribution in [0.25, 0.3) is 0 Å². The van der Waals surface area contributed by atoms with Gasteiger partial charge in [-0.1, -0.05) is 20.8 Å². The van der Waals surface area contributed by atoms with Crippen LogP contribution in [-0.2, 0) is 19.2 Å². The molecule has 3 spiro atoms. The fraction of sp³-hybridized carbons (Fsp3) is 0.947. The Hall–Kier alpha value is -0.650. The molecule has 4 saturated heterocycles. The van der Waals surface area contributed by atoms with E-state index < -0.39 is 11.4 Å². The number of hydrogen-bond donors (Lipinski definition) is 0. The van der Waals surface area contributed by atoms with Crippen molar-refractivity contribution in [3.8, 4) is 0 Å². The fourth-order valence-corrected chi connectivity index (χ4v) is 6.65. The van der Waals surface area contributed by atoms with Crippen molar-refractivity contribution in [1.29, 1.82) is 0 Å². The van der Waals surface area contributed by atoms with Gasteiger partial charge in [-0.25, -0.2) is 9.78 Å². The largest absolute Gasteiger partial charge is 0.448 e. The molecular formula is C19H29NO4. The zero-order valence-corrected chi connectivity index (χ0v) is 15.3. The summed E-state index contributed by atoms with van der Waals surface area (Å²) in [6.07, 6.45) is 6.19. The number of aliphatic imine (C=N–C) groups is 1. The lowest BCUT2D eigenvalue weighted by Gasteiger charge is -2.78. The van der Waals surface area contributed by atoms with E-state index in [9.17, 15) is 0 Å². The van der Waals surface area contributed by atoms with Crippen LogP contribution in [0.2, 0.25) is 0 Å². The number of rotatable bonds is 2. The normalized spacial score (nSPS) is 59.3. The summed E-state index contributed by atoms with van der Waals surface area (Å²) in [5.41, 5.74) is -0.298. The van der Waals surface area contributed by atoms with Crippen molar-refractivity contribution in [3.63, 3.8) is 0 Å². The lowest BCUT2D eigenvalue weighted by atomic mass is 9.30.